The van der Waals surface area contributed by atoms with Crippen LogP contribution < -0.4 is 9.64 Å². The summed E-state index contributed by atoms with van der Waals surface area (Å²) in [4.78, 5) is 13.7. The number of amides is 1. The minimum atomic E-state index is -0.477. The maximum Gasteiger partial charge on any atom is 0.424 e. The summed E-state index contributed by atoms with van der Waals surface area (Å²) >= 11 is 7.22. The third kappa shape index (κ3) is 4.93. The zero-order chi connectivity index (χ0) is 19.1. The van der Waals surface area contributed by atoms with E-state index in [2.05, 4.69) is 0 Å². The maximum absolute atomic E-state index is 12.2. The molecule has 138 valence electrons. The van der Waals surface area contributed by atoms with Gasteiger partial charge in [-0.05, 0) is 17.0 Å². The van der Waals surface area contributed by atoms with Gasteiger partial charge in [-0.25, -0.2) is 4.79 Å². The van der Waals surface area contributed by atoms with E-state index >= 15 is 0 Å². The second kappa shape index (κ2) is 9.62. The van der Waals surface area contributed by atoms with Crippen LogP contribution >= 0.6 is 34.6 Å². The highest BCUT2D eigenvalue weighted by atomic mass is 127. The molecule has 0 bridgehead atoms. The molecule has 27 heavy (non-hydrogen) atoms. The van der Waals surface area contributed by atoms with Gasteiger partial charge in [0, 0.05) is 23.5 Å². The molecule has 3 rings (SSSR count). The Morgan fingerprint density at radius 1 is 1.07 bits per heavy atom. The summed E-state index contributed by atoms with van der Waals surface area (Å²) in [6.07, 6.45) is 1.20. The molecule has 0 heterocycles. The molecule has 0 aromatic heterocycles. The predicted molar refractivity (Wildman–Crippen MR) is 118 cm³/mol. The predicted octanol–water partition coefficient (Wildman–Crippen LogP) is 6.46. The second-order valence-corrected chi connectivity index (χ2v) is 6.45. The average molecular weight is 494 g/mol. The van der Waals surface area contributed by atoms with Crippen LogP contribution in [-0.2, 0) is 9.67 Å². The fraction of sp³-hybridized carbons (Fsp3) is 0.0952. The molecule has 1 amide bonds. The molecule has 0 saturated carbocycles. The zero-order valence-corrected chi connectivity index (χ0v) is 17.3. The Balaban J connectivity index is 1.99. The number of hydrogen-bond donors (Lipinski definition) is 0. The monoisotopic (exact) mass is 493 g/mol. The number of hydrogen-bond acceptors (Lipinski definition) is 3. The van der Waals surface area contributed by atoms with Gasteiger partial charge < -0.3 is 7.80 Å². The van der Waals surface area contributed by atoms with E-state index in [4.69, 9.17) is 19.4 Å². The van der Waals surface area contributed by atoms with Gasteiger partial charge in [-0.15, -0.1) is 0 Å². The number of benzene rings is 3. The molecule has 3 aromatic rings. The molecule has 0 saturated heterocycles. The summed E-state index contributed by atoms with van der Waals surface area (Å²) in [6, 6.07) is 21.6. The number of anilines is 1. The molecule has 0 N–H and O–H groups in total. The molecule has 0 fully saturated rings. The topological polar surface area (TPSA) is 38.8 Å². The highest BCUT2D eigenvalue weighted by Crippen LogP contribution is 2.33. The molecule has 3 aromatic carbocycles. The van der Waals surface area contributed by atoms with Gasteiger partial charge in [0.05, 0.1) is 5.69 Å². The van der Waals surface area contributed by atoms with Crippen molar-refractivity contribution in [3.63, 3.8) is 0 Å². The number of ether oxygens (including phenoxy) is 1. The number of carbonyl (C=O) groups is 1. The summed E-state index contributed by atoms with van der Waals surface area (Å²) in [6.45, 7) is 0.731. The van der Waals surface area contributed by atoms with Gasteiger partial charge in [0.25, 0.3) is 0 Å². The summed E-state index contributed by atoms with van der Waals surface area (Å²) in [5.74, 6) is 0.702. The van der Waals surface area contributed by atoms with Crippen molar-refractivity contribution < 1.29 is 12.6 Å². The van der Waals surface area contributed by atoms with Crippen LogP contribution in [0.25, 0.3) is 10.8 Å². The number of rotatable bonds is 6. The minimum Gasteiger partial charge on any atom is -0.488 e. The first-order chi connectivity index (χ1) is 13.2. The number of nitrogens with zero attached hydrogens (tertiary/aromatic N) is 1. The van der Waals surface area contributed by atoms with Gasteiger partial charge in [-0.1, -0.05) is 72.3 Å². The Bertz CT molecular complexity index is 947. The largest absolute Gasteiger partial charge is 0.488 e. The van der Waals surface area contributed by atoms with Crippen LogP contribution in [0, 0.1) is 0 Å². The van der Waals surface area contributed by atoms with E-state index in [1.54, 1.807) is 29.1 Å². The van der Waals surface area contributed by atoms with E-state index in [0.29, 0.717) is 24.6 Å². The Labute approximate surface area is 177 Å². The van der Waals surface area contributed by atoms with Gasteiger partial charge in [0.1, 0.15) is 12.4 Å². The number of halogens is 2. The molecular formula is C21H17ClINO3. The van der Waals surface area contributed by atoms with Crippen molar-refractivity contribution in [3.8, 4) is 5.75 Å². The van der Waals surface area contributed by atoms with Crippen LogP contribution in [0.4, 0.5) is 10.5 Å². The summed E-state index contributed by atoms with van der Waals surface area (Å²) in [5, 5.41) is 1.95. The van der Waals surface area contributed by atoms with Crippen LogP contribution in [0.5, 0.6) is 5.75 Å². The Morgan fingerprint density at radius 3 is 2.56 bits per heavy atom. The van der Waals surface area contributed by atoms with Crippen molar-refractivity contribution >= 4 is 57.2 Å². The van der Waals surface area contributed by atoms with Crippen molar-refractivity contribution in [2.75, 3.05) is 11.4 Å². The van der Waals surface area contributed by atoms with Gasteiger partial charge in [-0.3, -0.25) is 4.90 Å². The first-order valence-electron chi connectivity index (χ1n) is 8.27. The lowest BCUT2D eigenvalue weighted by atomic mass is 10.1. The quantitative estimate of drug-likeness (QED) is 0.370. The fourth-order valence-corrected chi connectivity index (χ4v) is 3.06. The highest BCUT2D eigenvalue weighted by molar-refractivity contribution is 14.1. The van der Waals surface area contributed by atoms with Crippen molar-refractivity contribution in [3.05, 3.63) is 83.9 Å². The van der Waals surface area contributed by atoms with Gasteiger partial charge in [0.15, 0.2) is 23.0 Å². The SMILES string of the molecule is O=C(OI)N(CC=CCl)c1cc(OCc2ccccc2)c2ccccc2c1. The number of carbonyl (C=O) groups excluding carboxylic acids is 1. The zero-order valence-electron chi connectivity index (χ0n) is 14.3. The first kappa shape index (κ1) is 19.5. The third-order valence-electron chi connectivity index (χ3n) is 4.02. The molecule has 0 aliphatic heterocycles. The molecule has 0 aliphatic carbocycles. The van der Waals surface area contributed by atoms with Crippen LogP contribution in [0.3, 0.4) is 0 Å². The lowest BCUT2D eigenvalue weighted by Crippen LogP contribution is -2.29. The molecule has 6 heteroatoms. The Hall–Kier alpha value is -2.25. The smallest absolute Gasteiger partial charge is 0.424 e. The van der Waals surface area contributed by atoms with E-state index in [1.807, 2.05) is 66.7 Å². The minimum absolute atomic E-state index is 0.293. The standard InChI is InChI=1S/C21H17ClINO3/c22-11-6-12-24(21(25)27-23)18-13-17-9-4-5-10-19(17)20(14-18)26-15-16-7-2-1-3-8-16/h1-11,13-14H,12,15H2. The average Bonchev–Trinajstić information content (AvgIpc) is 2.72. The lowest BCUT2D eigenvalue weighted by Gasteiger charge is -2.21. The normalized spacial score (nSPS) is 10.9. The molecule has 0 atom stereocenters. The third-order valence-corrected chi connectivity index (χ3v) is 4.58. The molecule has 0 aliphatic rings. The molecule has 0 spiro atoms. The first-order valence-corrected chi connectivity index (χ1v) is 9.59. The van der Waals surface area contributed by atoms with Crippen molar-refractivity contribution in [1.82, 2.24) is 0 Å². The Kier molecular flexibility index (Phi) is 6.95. The van der Waals surface area contributed by atoms with Crippen LogP contribution in [0.2, 0.25) is 0 Å². The second-order valence-electron chi connectivity index (χ2n) is 5.75. The highest BCUT2D eigenvalue weighted by Gasteiger charge is 2.18. The fourth-order valence-electron chi connectivity index (χ4n) is 2.74. The van der Waals surface area contributed by atoms with Gasteiger partial charge in [-0.2, -0.15) is 0 Å². The summed E-state index contributed by atoms with van der Waals surface area (Å²) < 4.78 is 11.0. The van der Waals surface area contributed by atoms with E-state index in [1.165, 1.54) is 10.4 Å². The van der Waals surface area contributed by atoms with Crippen LogP contribution in [0.15, 0.2) is 78.3 Å². The Morgan fingerprint density at radius 2 is 1.81 bits per heavy atom. The van der Waals surface area contributed by atoms with E-state index in [-0.39, 0.29) is 0 Å². The van der Waals surface area contributed by atoms with Crippen molar-refractivity contribution in [1.29, 1.82) is 0 Å². The summed E-state index contributed by atoms with van der Waals surface area (Å²) in [7, 11) is 0. The van der Waals surface area contributed by atoms with Crippen LogP contribution in [0.1, 0.15) is 5.56 Å². The van der Waals surface area contributed by atoms with Crippen molar-refractivity contribution in [2.45, 2.75) is 6.61 Å². The molecule has 0 radical (unpaired) electrons. The molecule has 4 nitrogen and oxygen atoms in total. The van der Waals surface area contributed by atoms with E-state index in [9.17, 15) is 4.79 Å². The maximum atomic E-state index is 12.2. The van der Waals surface area contributed by atoms with Gasteiger partial charge >= 0.3 is 6.09 Å². The van der Waals surface area contributed by atoms with Crippen molar-refractivity contribution in [2.24, 2.45) is 0 Å². The van der Waals surface area contributed by atoms with E-state index in [0.717, 1.165) is 16.3 Å². The summed E-state index contributed by atoms with van der Waals surface area (Å²) in [5.41, 5.74) is 3.12. The lowest BCUT2D eigenvalue weighted by molar-refractivity contribution is 0.222. The number of fused-ring (bicyclic) bond motifs is 1. The van der Waals surface area contributed by atoms with Crippen LogP contribution in [-0.4, -0.2) is 12.6 Å². The van der Waals surface area contributed by atoms with Gasteiger partial charge in [0.2, 0.25) is 0 Å². The van der Waals surface area contributed by atoms with E-state index < -0.39 is 6.09 Å². The molecular weight excluding hydrogens is 477 g/mol. The molecule has 0 unspecified atom stereocenters.